The summed E-state index contributed by atoms with van der Waals surface area (Å²) in [7, 11) is 0. The number of rotatable bonds is 5. The average Bonchev–Trinajstić information content (AvgIpc) is 3.21. The first kappa shape index (κ1) is 20.2. The van der Waals surface area contributed by atoms with Gasteiger partial charge in [-0.3, -0.25) is 4.79 Å². The molecule has 0 atom stereocenters. The van der Waals surface area contributed by atoms with Crippen LogP contribution in [0.5, 0.6) is 5.75 Å². The van der Waals surface area contributed by atoms with Gasteiger partial charge in [0, 0.05) is 4.88 Å². The minimum Gasteiger partial charge on any atom is -0.489 e. The lowest BCUT2D eigenvalue weighted by atomic mass is 9.97. The van der Waals surface area contributed by atoms with Gasteiger partial charge in [-0.15, -0.1) is 11.3 Å². The Morgan fingerprint density at radius 3 is 2.69 bits per heavy atom. The molecule has 2 aromatic heterocycles. The highest BCUT2D eigenvalue weighted by molar-refractivity contribution is 7.18. The summed E-state index contributed by atoms with van der Waals surface area (Å²) in [6.45, 7) is 0.495. The van der Waals surface area contributed by atoms with Gasteiger partial charge in [0.25, 0.3) is 5.56 Å². The lowest BCUT2D eigenvalue weighted by Crippen LogP contribution is -2.12. The quantitative estimate of drug-likeness (QED) is 0.416. The highest BCUT2D eigenvalue weighted by Gasteiger charge is 2.20. The van der Waals surface area contributed by atoms with Gasteiger partial charge in [-0.05, 0) is 60.6 Å². The number of hydrogen-bond acceptors (Lipinski definition) is 5. The number of nitrogens with one attached hydrogen (secondary N) is 1. The van der Waals surface area contributed by atoms with Gasteiger partial charge in [0.1, 0.15) is 23.3 Å². The maximum absolute atomic E-state index is 12.8. The van der Waals surface area contributed by atoms with Crippen LogP contribution in [-0.2, 0) is 19.4 Å². The predicted molar refractivity (Wildman–Crippen MR) is 128 cm³/mol. The molecule has 0 spiro atoms. The molecule has 2 aromatic carbocycles. The molecule has 158 valence electrons. The van der Waals surface area contributed by atoms with Crippen molar-refractivity contribution in [3.63, 3.8) is 0 Å². The Hall–Kier alpha value is -3.69. The second kappa shape index (κ2) is 8.81. The maximum Gasteiger partial charge on any atom is 0.260 e. The highest BCUT2D eigenvalue weighted by Crippen LogP contribution is 2.34. The average molecular weight is 440 g/mol. The maximum atomic E-state index is 12.8. The Morgan fingerprint density at radius 2 is 1.91 bits per heavy atom. The monoisotopic (exact) mass is 439 g/mol. The van der Waals surface area contributed by atoms with Crippen LogP contribution < -0.4 is 10.3 Å². The highest BCUT2D eigenvalue weighted by atomic mass is 32.1. The molecule has 0 aliphatic heterocycles. The van der Waals surface area contributed by atoms with Crippen molar-refractivity contribution in [2.45, 2.75) is 32.3 Å². The molecule has 0 saturated heterocycles. The van der Waals surface area contributed by atoms with Crippen LogP contribution in [0, 0.1) is 11.3 Å². The standard InChI is InChI=1S/C26H21N3O2S/c27-15-19(14-17-10-12-20(13-11-17)31-16-18-6-2-1-3-7-18)24-28-25(30)23-21-8-4-5-9-22(21)32-26(23)29-24/h1-3,6-7,10-14H,4-5,8-9,16H2,(H,28,29,30)/b19-14+. The van der Waals surface area contributed by atoms with Crippen LogP contribution in [0.1, 0.15) is 40.2 Å². The van der Waals surface area contributed by atoms with E-state index in [1.807, 2.05) is 54.6 Å². The normalized spacial score (nSPS) is 13.5. The molecular formula is C26H21N3O2S. The predicted octanol–water partition coefficient (Wildman–Crippen LogP) is 5.51. The van der Waals surface area contributed by atoms with E-state index < -0.39 is 0 Å². The summed E-state index contributed by atoms with van der Waals surface area (Å²) in [5, 5.41) is 10.4. The fraction of sp³-hybridized carbons (Fsp3) is 0.192. The topological polar surface area (TPSA) is 78.8 Å². The fourth-order valence-corrected chi connectivity index (χ4v) is 5.27. The Labute approximate surface area is 189 Å². The van der Waals surface area contributed by atoms with Gasteiger partial charge in [0.05, 0.1) is 11.0 Å². The first-order valence-electron chi connectivity index (χ1n) is 10.6. The first-order chi connectivity index (χ1) is 15.7. The zero-order valence-corrected chi connectivity index (χ0v) is 18.2. The zero-order chi connectivity index (χ0) is 21.9. The van der Waals surface area contributed by atoms with Crippen LogP contribution in [0.15, 0.2) is 59.4 Å². The molecule has 0 radical (unpaired) electrons. The number of aromatic amines is 1. The molecule has 0 bridgehead atoms. The number of nitriles is 1. The molecule has 0 saturated carbocycles. The first-order valence-corrected chi connectivity index (χ1v) is 11.5. The third kappa shape index (κ3) is 4.08. The summed E-state index contributed by atoms with van der Waals surface area (Å²) in [4.78, 5) is 22.2. The third-order valence-electron chi connectivity index (χ3n) is 5.64. The van der Waals surface area contributed by atoms with E-state index in [-0.39, 0.29) is 5.56 Å². The van der Waals surface area contributed by atoms with E-state index in [1.165, 1.54) is 4.88 Å². The van der Waals surface area contributed by atoms with Gasteiger partial charge in [0.15, 0.2) is 5.82 Å². The number of H-pyrrole nitrogens is 1. The van der Waals surface area contributed by atoms with Crippen LogP contribution in [0.3, 0.4) is 0 Å². The van der Waals surface area contributed by atoms with E-state index in [0.717, 1.165) is 53.0 Å². The molecule has 1 aliphatic rings. The Balaban J connectivity index is 1.40. The number of ether oxygens (including phenoxy) is 1. The van der Waals surface area contributed by atoms with Crippen LogP contribution >= 0.6 is 11.3 Å². The van der Waals surface area contributed by atoms with E-state index in [1.54, 1.807) is 17.4 Å². The molecule has 4 aromatic rings. The number of allylic oxidation sites excluding steroid dienone is 1. The summed E-state index contributed by atoms with van der Waals surface area (Å²) in [6, 6.07) is 19.7. The molecule has 32 heavy (non-hydrogen) atoms. The van der Waals surface area contributed by atoms with Crippen molar-refractivity contribution in [1.82, 2.24) is 9.97 Å². The minimum atomic E-state index is -0.157. The van der Waals surface area contributed by atoms with Gasteiger partial charge >= 0.3 is 0 Å². The molecule has 0 amide bonds. The van der Waals surface area contributed by atoms with E-state index >= 15 is 0 Å². The summed E-state index contributed by atoms with van der Waals surface area (Å²) in [5.41, 5.74) is 3.25. The van der Waals surface area contributed by atoms with Crippen molar-refractivity contribution in [3.8, 4) is 11.8 Å². The van der Waals surface area contributed by atoms with Gasteiger partial charge in [-0.1, -0.05) is 42.5 Å². The molecule has 0 unspecified atom stereocenters. The molecule has 0 fully saturated rings. The van der Waals surface area contributed by atoms with Gasteiger partial charge in [-0.2, -0.15) is 5.26 Å². The van der Waals surface area contributed by atoms with Crippen LogP contribution in [0.25, 0.3) is 21.9 Å². The van der Waals surface area contributed by atoms with Gasteiger partial charge < -0.3 is 9.72 Å². The van der Waals surface area contributed by atoms with Crippen molar-refractivity contribution in [3.05, 3.63) is 92.3 Å². The Kier molecular flexibility index (Phi) is 5.57. The lowest BCUT2D eigenvalue weighted by Gasteiger charge is -2.09. The fourth-order valence-electron chi connectivity index (χ4n) is 4.01. The second-order valence-electron chi connectivity index (χ2n) is 7.82. The van der Waals surface area contributed by atoms with Crippen molar-refractivity contribution >= 4 is 33.2 Å². The SMILES string of the molecule is N#C/C(=C\c1ccc(OCc2ccccc2)cc1)c1nc2sc3c(c2c(=O)[nH]1)CCCC3. The third-order valence-corrected chi connectivity index (χ3v) is 6.83. The molecular weight excluding hydrogens is 418 g/mol. The molecule has 5 nitrogen and oxygen atoms in total. The molecule has 2 heterocycles. The van der Waals surface area contributed by atoms with Crippen LogP contribution in [-0.4, -0.2) is 9.97 Å². The van der Waals surface area contributed by atoms with Crippen LogP contribution in [0.4, 0.5) is 0 Å². The number of nitrogens with zero attached hydrogens (tertiary/aromatic N) is 2. The van der Waals surface area contributed by atoms with Crippen molar-refractivity contribution in [2.24, 2.45) is 0 Å². The Morgan fingerprint density at radius 1 is 1.12 bits per heavy atom. The number of aryl methyl sites for hydroxylation is 2. The molecule has 1 aliphatic carbocycles. The van der Waals surface area contributed by atoms with Gasteiger partial charge in [-0.25, -0.2) is 4.98 Å². The Bertz CT molecular complexity index is 1390. The summed E-state index contributed by atoms with van der Waals surface area (Å²) in [6.07, 6.45) is 5.93. The summed E-state index contributed by atoms with van der Waals surface area (Å²) < 4.78 is 5.82. The van der Waals surface area contributed by atoms with E-state index in [9.17, 15) is 10.1 Å². The largest absolute Gasteiger partial charge is 0.489 e. The number of hydrogen-bond donors (Lipinski definition) is 1. The summed E-state index contributed by atoms with van der Waals surface area (Å²) in [5.74, 6) is 1.06. The smallest absolute Gasteiger partial charge is 0.260 e. The van der Waals surface area contributed by atoms with Gasteiger partial charge in [0.2, 0.25) is 0 Å². The number of aromatic nitrogens is 2. The van der Waals surface area contributed by atoms with E-state index in [0.29, 0.717) is 23.4 Å². The number of fused-ring (bicyclic) bond motifs is 3. The van der Waals surface area contributed by atoms with Crippen LogP contribution in [0.2, 0.25) is 0 Å². The minimum absolute atomic E-state index is 0.157. The number of thiophene rings is 1. The van der Waals surface area contributed by atoms with Crippen molar-refractivity contribution in [2.75, 3.05) is 0 Å². The lowest BCUT2D eigenvalue weighted by molar-refractivity contribution is 0.306. The van der Waals surface area contributed by atoms with E-state index in [2.05, 4.69) is 16.0 Å². The molecule has 6 heteroatoms. The molecule has 1 N–H and O–H groups in total. The number of benzene rings is 2. The van der Waals surface area contributed by atoms with Crippen molar-refractivity contribution in [1.29, 1.82) is 5.26 Å². The summed E-state index contributed by atoms with van der Waals surface area (Å²) >= 11 is 1.58. The zero-order valence-electron chi connectivity index (χ0n) is 17.4. The second-order valence-corrected chi connectivity index (χ2v) is 8.90. The van der Waals surface area contributed by atoms with E-state index in [4.69, 9.17) is 4.74 Å². The molecule has 5 rings (SSSR count). The van der Waals surface area contributed by atoms with Crippen molar-refractivity contribution < 1.29 is 4.74 Å².